The van der Waals surface area contributed by atoms with Gasteiger partial charge in [-0.3, -0.25) is 14.6 Å². The van der Waals surface area contributed by atoms with E-state index in [1.165, 1.54) is 35.6 Å². The van der Waals surface area contributed by atoms with Gasteiger partial charge in [0.2, 0.25) is 0 Å². The maximum Gasteiger partial charge on any atom is 0.0941 e. The van der Waals surface area contributed by atoms with Crippen molar-refractivity contribution in [2.24, 2.45) is 11.8 Å². The Labute approximate surface area is 166 Å². The predicted octanol–water partition coefficient (Wildman–Crippen LogP) is 3.53. The summed E-state index contributed by atoms with van der Waals surface area (Å²) in [7, 11) is 0. The van der Waals surface area contributed by atoms with Crippen LogP contribution >= 0.6 is 0 Å². The van der Waals surface area contributed by atoms with Crippen LogP contribution in [-0.2, 0) is 11.2 Å². The minimum absolute atomic E-state index is 0.380. The summed E-state index contributed by atoms with van der Waals surface area (Å²) in [6.07, 6.45) is 5.24. The third-order valence-corrected chi connectivity index (χ3v) is 7.25. The summed E-state index contributed by atoms with van der Waals surface area (Å²) in [5, 5.41) is 5.02. The highest BCUT2D eigenvalue weighted by Gasteiger charge is 2.58. The minimum atomic E-state index is 0.380. The van der Waals surface area contributed by atoms with Crippen molar-refractivity contribution in [3.8, 4) is 11.3 Å². The molecule has 3 atom stereocenters. The monoisotopic (exact) mass is 376 g/mol. The first kappa shape index (κ1) is 16.9. The Hall–Kier alpha value is -1.98. The number of rotatable bonds is 4. The lowest BCUT2D eigenvalue weighted by Crippen LogP contribution is -2.48. The molecule has 0 radical (unpaired) electrons. The Bertz CT molecular complexity index is 959. The molecule has 2 aromatic rings. The highest BCUT2D eigenvalue weighted by Crippen LogP contribution is 2.59. The summed E-state index contributed by atoms with van der Waals surface area (Å²) in [5.74, 6) is 2.27. The molecule has 6 rings (SSSR count). The van der Waals surface area contributed by atoms with Crippen molar-refractivity contribution in [3.63, 3.8) is 0 Å². The highest BCUT2D eigenvalue weighted by molar-refractivity contribution is 5.74. The zero-order valence-electron chi connectivity index (χ0n) is 16.9. The molecule has 0 aromatic carbocycles. The third-order valence-electron chi connectivity index (χ3n) is 7.25. The van der Waals surface area contributed by atoms with Crippen molar-refractivity contribution in [1.29, 1.82) is 0 Å². The van der Waals surface area contributed by atoms with Crippen molar-refractivity contribution in [3.05, 3.63) is 41.4 Å². The van der Waals surface area contributed by atoms with E-state index in [-0.39, 0.29) is 0 Å². The number of pyridine rings is 1. The van der Waals surface area contributed by atoms with Crippen LogP contribution in [0.1, 0.15) is 49.7 Å². The van der Waals surface area contributed by atoms with E-state index in [4.69, 9.17) is 14.8 Å². The lowest BCUT2D eigenvalue weighted by molar-refractivity contribution is -0.0610. The first-order valence-corrected chi connectivity index (χ1v) is 10.7. The van der Waals surface area contributed by atoms with Gasteiger partial charge in [-0.25, -0.2) is 0 Å². The van der Waals surface area contributed by atoms with Gasteiger partial charge in [0, 0.05) is 48.9 Å². The molecule has 146 valence electrons. The number of aromatic nitrogens is 3. The van der Waals surface area contributed by atoms with Crippen molar-refractivity contribution in [2.75, 3.05) is 26.3 Å². The molecule has 0 bridgehead atoms. The zero-order valence-corrected chi connectivity index (χ0v) is 16.9. The van der Waals surface area contributed by atoms with Crippen molar-refractivity contribution in [2.45, 2.75) is 45.2 Å². The summed E-state index contributed by atoms with van der Waals surface area (Å²) in [6.45, 7) is 11.0. The van der Waals surface area contributed by atoms with Gasteiger partial charge in [0.15, 0.2) is 0 Å². The van der Waals surface area contributed by atoms with Crippen molar-refractivity contribution >= 4 is 5.57 Å². The van der Waals surface area contributed by atoms with E-state index in [9.17, 15) is 0 Å². The quantitative estimate of drug-likeness (QED) is 0.819. The second-order valence-corrected chi connectivity index (χ2v) is 9.30. The average molecular weight is 377 g/mol. The third kappa shape index (κ3) is 2.45. The molecule has 5 nitrogen and oxygen atoms in total. The molecular formula is C23H28N4O. The number of piperidine rings is 1. The van der Waals surface area contributed by atoms with Crippen molar-refractivity contribution in [1.82, 2.24) is 19.7 Å². The molecule has 28 heavy (non-hydrogen) atoms. The molecule has 2 aromatic heterocycles. The molecule has 0 spiro atoms. The Balaban J connectivity index is 1.29. The summed E-state index contributed by atoms with van der Waals surface area (Å²) < 4.78 is 7.65. The molecule has 2 aliphatic heterocycles. The lowest BCUT2D eigenvalue weighted by Gasteiger charge is -2.35. The Morgan fingerprint density at radius 2 is 1.93 bits per heavy atom. The first-order valence-electron chi connectivity index (χ1n) is 10.7. The van der Waals surface area contributed by atoms with Crippen LogP contribution in [0.2, 0.25) is 0 Å². The van der Waals surface area contributed by atoms with E-state index in [1.54, 1.807) is 0 Å². The van der Waals surface area contributed by atoms with Gasteiger partial charge >= 0.3 is 0 Å². The number of nitrogens with zero attached hydrogens (tertiary/aromatic N) is 4. The molecule has 0 amide bonds. The van der Waals surface area contributed by atoms with E-state index in [1.807, 2.05) is 6.20 Å². The maximum atomic E-state index is 5.39. The number of hydrogen-bond acceptors (Lipinski definition) is 4. The summed E-state index contributed by atoms with van der Waals surface area (Å²) in [5.41, 5.74) is 7.48. The molecule has 3 fully saturated rings. The minimum Gasteiger partial charge on any atom is -0.378 e. The zero-order chi connectivity index (χ0) is 19.0. The fraction of sp³-hybridized carbons (Fsp3) is 0.565. The SMILES string of the molecule is CC1=CCc2ncc(-c3cc(C4[C@H]5CN(C6COC6)C[C@@H]45)n(C(C)C)n3)cc21. The van der Waals surface area contributed by atoms with Crippen LogP contribution in [0.5, 0.6) is 0 Å². The summed E-state index contributed by atoms with van der Waals surface area (Å²) in [6, 6.07) is 5.68. The molecule has 4 heterocycles. The number of allylic oxidation sites excluding steroid dienone is 2. The van der Waals surface area contributed by atoms with Crippen LogP contribution in [0.4, 0.5) is 0 Å². The maximum absolute atomic E-state index is 5.39. The van der Waals surface area contributed by atoms with E-state index in [0.29, 0.717) is 18.0 Å². The number of hydrogen-bond donors (Lipinski definition) is 0. The van der Waals surface area contributed by atoms with Gasteiger partial charge < -0.3 is 4.74 Å². The standard InChI is InChI=1S/C23H28N4O/c1-13(2)27-22(23-18-9-26(10-19(18)23)16-11-28-12-16)7-21(25-27)15-6-17-14(3)4-5-20(17)24-8-15/h4,6-8,13,16,18-19,23H,5,9-12H2,1-3H3/t18-,19+,23?. The highest BCUT2D eigenvalue weighted by atomic mass is 16.5. The molecule has 1 unspecified atom stereocenters. The fourth-order valence-corrected chi connectivity index (χ4v) is 5.44. The van der Waals surface area contributed by atoms with Crippen LogP contribution < -0.4 is 0 Å². The molecular weight excluding hydrogens is 348 g/mol. The second kappa shape index (κ2) is 6.01. The van der Waals surface area contributed by atoms with Gasteiger partial charge in [-0.15, -0.1) is 0 Å². The average Bonchev–Trinajstić information content (AvgIpc) is 3.05. The molecule has 2 aliphatic carbocycles. The smallest absolute Gasteiger partial charge is 0.0941 e. The van der Waals surface area contributed by atoms with E-state index in [2.05, 4.69) is 48.6 Å². The Kier molecular flexibility index (Phi) is 3.63. The summed E-state index contributed by atoms with van der Waals surface area (Å²) >= 11 is 0. The molecule has 5 heteroatoms. The van der Waals surface area contributed by atoms with Crippen LogP contribution in [0.15, 0.2) is 24.4 Å². The Morgan fingerprint density at radius 1 is 1.14 bits per heavy atom. The molecule has 0 N–H and O–H groups in total. The van der Waals surface area contributed by atoms with Gasteiger partial charge in [0.25, 0.3) is 0 Å². The molecule has 1 saturated carbocycles. The largest absolute Gasteiger partial charge is 0.378 e. The normalized spacial score (nSPS) is 29.0. The van der Waals surface area contributed by atoms with E-state index < -0.39 is 0 Å². The number of likely N-dealkylation sites (tertiary alicyclic amines) is 1. The fourth-order valence-electron chi connectivity index (χ4n) is 5.44. The van der Waals surface area contributed by atoms with Gasteiger partial charge in [-0.1, -0.05) is 6.08 Å². The van der Waals surface area contributed by atoms with Crippen LogP contribution in [0.3, 0.4) is 0 Å². The van der Waals surface area contributed by atoms with Crippen LogP contribution in [0, 0.1) is 11.8 Å². The van der Waals surface area contributed by atoms with E-state index >= 15 is 0 Å². The summed E-state index contributed by atoms with van der Waals surface area (Å²) in [4.78, 5) is 7.36. The van der Waals surface area contributed by atoms with Gasteiger partial charge in [0.05, 0.1) is 30.6 Å². The van der Waals surface area contributed by atoms with Crippen LogP contribution in [-0.4, -0.2) is 52.0 Å². The lowest BCUT2D eigenvalue weighted by atomic mass is 10.1. The second-order valence-electron chi connectivity index (χ2n) is 9.30. The molecule has 2 saturated heterocycles. The van der Waals surface area contributed by atoms with Gasteiger partial charge in [-0.2, -0.15) is 5.10 Å². The molecule has 4 aliphatic rings. The van der Waals surface area contributed by atoms with Gasteiger partial charge in [-0.05, 0) is 55.9 Å². The topological polar surface area (TPSA) is 43.2 Å². The predicted molar refractivity (Wildman–Crippen MR) is 109 cm³/mol. The van der Waals surface area contributed by atoms with E-state index in [0.717, 1.165) is 42.7 Å². The number of fused-ring (bicyclic) bond motifs is 2. The first-order chi connectivity index (χ1) is 13.6. The number of ether oxygens (including phenoxy) is 1. The van der Waals surface area contributed by atoms with Crippen molar-refractivity contribution < 1.29 is 4.74 Å². The van der Waals surface area contributed by atoms with Crippen LogP contribution in [0.25, 0.3) is 16.8 Å². The Morgan fingerprint density at radius 3 is 2.61 bits per heavy atom. The van der Waals surface area contributed by atoms with Gasteiger partial charge in [0.1, 0.15) is 0 Å².